The number of nitrogens with zero attached hydrogens (tertiary/aromatic N) is 2. The fourth-order valence-electron chi connectivity index (χ4n) is 2.63. The summed E-state index contributed by atoms with van der Waals surface area (Å²) in [6, 6.07) is 10.3. The zero-order valence-corrected chi connectivity index (χ0v) is 15.2. The quantitative estimate of drug-likeness (QED) is 0.578. The Bertz CT molecular complexity index is 897. The van der Waals surface area contributed by atoms with Crippen molar-refractivity contribution < 1.29 is 13.9 Å². The average molecular weight is 453 g/mol. The van der Waals surface area contributed by atoms with Crippen LogP contribution in [-0.2, 0) is 12.0 Å². The van der Waals surface area contributed by atoms with Crippen LogP contribution >= 0.6 is 22.6 Å². The number of aliphatic hydroxyl groups is 1. The van der Waals surface area contributed by atoms with Crippen molar-refractivity contribution in [1.29, 1.82) is 0 Å². The van der Waals surface area contributed by atoms with Crippen molar-refractivity contribution in [2.75, 3.05) is 0 Å². The normalized spacial score (nSPS) is 13.4. The van der Waals surface area contributed by atoms with Crippen molar-refractivity contribution in [3.05, 3.63) is 87.5 Å². The van der Waals surface area contributed by atoms with Gasteiger partial charge in [-0.15, -0.1) is 0 Å². The number of rotatable bonds is 5. The summed E-state index contributed by atoms with van der Waals surface area (Å²) in [6.07, 6.45) is 1.26. The summed E-state index contributed by atoms with van der Waals surface area (Å²) >= 11 is 2.16. The molecule has 0 aliphatic carbocycles. The predicted molar refractivity (Wildman–Crippen MR) is 98.5 cm³/mol. The van der Waals surface area contributed by atoms with E-state index in [1.54, 1.807) is 12.1 Å². The number of halogens is 3. The fraction of sp³-hybridized carbons (Fsp3) is 0.111. The van der Waals surface area contributed by atoms with E-state index < -0.39 is 17.2 Å². The monoisotopic (exact) mass is 453 g/mol. The van der Waals surface area contributed by atoms with Crippen molar-refractivity contribution >= 4 is 28.2 Å². The molecule has 0 saturated heterocycles. The van der Waals surface area contributed by atoms with Gasteiger partial charge >= 0.3 is 0 Å². The summed E-state index contributed by atoms with van der Waals surface area (Å²) in [5, 5.41) is 17.8. The first-order chi connectivity index (χ1) is 11.9. The Morgan fingerprint density at radius 3 is 2.52 bits per heavy atom. The Morgan fingerprint density at radius 2 is 1.92 bits per heavy atom. The van der Waals surface area contributed by atoms with Crippen molar-refractivity contribution in [3.8, 4) is 0 Å². The molecule has 0 aliphatic rings. The molecule has 0 unspecified atom stereocenters. The van der Waals surface area contributed by atoms with Gasteiger partial charge in [-0.25, -0.2) is 13.8 Å². The second-order valence-corrected chi connectivity index (χ2v) is 6.81. The Balaban J connectivity index is 2.10. The molecule has 7 heteroatoms. The summed E-state index contributed by atoms with van der Waals surface area (Å²) in [5.74, 6) is -1.29. The molecule has 128 valence electrons. The van der Waals surface area contributed by atoms with Crippen LogP contribution in [0.25, 0.3) is 5.57 Å². The second kappa shape index (κ2) is 7.01. The maximum atomic E-state index is 14.4. The van der Waals surface area contributed by atoms with Gasteiger partial charge in [-0.05, 0) is 58.0 Å². The molecule has 2 aromatic carbocycles. The minimum Gasteiger partial charge on any atom is -0.380 e. The summed E-state index contributed by atoms with van der Waals surface area (Å²) < 4.78 is 28.7. The van der Waals surface area contributed by atoms with Crippen LogP contribution in [0, 0.1) is 15.2 Å². The number of aromatic nitrogens is 3. The Labute approximate surface area is 156 Å². The zero-order valence-electron chi connectivity index (χ0n) is 13.0. The van der Waals surface area contributed by atoms with E-state index in [0.29, 0.717) is 5.56 Å². The Hall–Kier alpha value is -2.13. The van der Waals surface area contributed by atoms with Gasteiger partial charge in [0.1, 0.15) is 23.6 Å². The molecule has 0 fully saturated rings. The summed E-state index contributed by atoms with van der Waals surface area (Å²) in [7, 11) is 0. The topological polar surface area (TPSA) is 61.8 Å². The Morgan fingerprint density at radius 1 is 1.20 bits per heavy atom. The number of hydrogen-bond donors (Lipinski definition) is 2. The third kappa shape index (κ3) is 3.62. The molecule has 0 amide bonds. The molecule has 3 aromatic rings. The largest absolute Gasteiger partial charge is 0.380 e. The zero-order chi connectivity index (χ0) is 18.0. The van der Waals surface area contributed by atoms with E-state index in [-0.39, 0.29) is 23.4 Å². The van der Waals surface area contributed by atoms with E-state index in [0.717, 1.165) is 15.7 Å². The van der Waals surface area contributed by atoms with E-state index in [4.69, 9.17) is 0 Å². The van der Waals surface area contributed by atoms with E-state index in [9.17, 15) is 13.9 Å². The number of hydrogen-bond acceptors (Lipinski definition) is 3. The lowest BCUT2D eigenvalue weighted by Crippen LogP contribution is -2.32. The van der Waals surface area contributed by atoms with Crippen LogP contribution in [0.2, 0.25) is 0 Å². The number of aromatic amines is 1. The lowest BCUT2D eigenvalue weighted by atomic mass is 9.80. The molecule has 1 atom stereocenters. The standard InChI is InChI=1S/C18H14F2IN3O/c1-11(12-2-5-14(21)6-3-12)18(25,9-17-22-10-23-24-17)15-7-4-13(19)8-16(15)20/h2-8,10,25H,1,9H2,(H,22,23,24)/t18-/m1/s1. The van der Waals surface area contributed by atoms with Crippen molar-refractivity contribution in [3.63, 3.8) is 0 Å². The van der Waals surface area contributed by atoms with E-state index >= 15 is 0 Å². The van der Waals surface area contributed by atoms with Crippen LogP contribution in [0.1, 0.15) is 17.0 Å². The van der Waals surface area contributed by atoms with Crippen molar-refractivity contribution in [2.24, 2.45) is 0 Å². The van der Waals surface area contributed by atoms with Gasteiger partial charge in [0.05, 0.1) is 0 Å². The van der Waals surface area contributed by atoms with E-state index in [1.165, 1.54) is 12.4 Å². The highest BCUT2D eigenvalue weighted by Crippen LogP contribution is 2.39. The van der Waals surface area contributed by atoms with Gasteiger partial charge in [0.15, 0.2) is 5.82 Å². The number of nitrogens with one attached hydrogen (secondary N) is 1. The molecule has 0 spiro atoms. The van der Waals surface area contributed by atoms with Gasteiger partial charge in [-0.2, -0.15) is 5.10 Å². The van der Waals surface area contributed by atoms with Crippen molar-refractivity contribution in [1.82, 2.24) is 15.2 Å². The van der Waals surface area contributed by atoms with Gasteiger partial charge in [0.2, 0.25) is 0 Å². The number of H-pyrrole nitrogens is 1. The third-order valence-corrected chi connectivity index (χ3v) is 4.67. The fourth-order valence-corrected chi connectivity index (χ4v) is 2.99. The maximum absolute atomic E-state index is 14.4. The molecule has 0 aliphatic heterocycles. The lowest BCUT2D eigenvalue weighted by Gasteiger charge is -2.30. The first kappa shape index (κ1) is 17.7. The van der Waals surface area contributed by atoms with Crippen LogP contribution in [0.4, 0.5) is 8.78 Å². The van der Waals surface area contributed by atoms with Gasteiger partial charge in [-0.1, -0.05) is 18.7 Å². The highest BCUT2D eigenvalue weighted by atomic mass is 127. The molecular weight excluding hydrogens is 439 g/mol. The van der Waals surface area contributed by atoms with E-state index in [1.807, 2.05) is 12.1 Å². The second-order valence-electron chi connectivity index (χ2n) is 5.56. The minimum atomic E-state index is -1.83. The van der Waals surface area contributed by atoms with Gasteiger partial charge in [-0.3, -0.25) is 5.10 Å². The summed E-state index contributed by atoms with van der Waals surface area (Å²) in [4.78, 5) is 4.00. The van der Waals surface area contributed by atoms with Crippen LogP contribution in [0.15, 0.2) is 55.4 Å². The molecule has 1 aromatic heterocycles. The average Bonchev–Trinajstić information content (AvgIpc) is 3.07. The van der Waals surface area contributed by atoms with E-state index in [2.05, 4.69) is 44.4 Å². The van der Waals surface area contributed by atoms with Crippen LogP contribution in [0.5, 0.6) is 0 Å². The lowest BCUT2D eigenvalue weighted by molar-refractivity contribution is 0.0947. The molecule has 25 heavy (non-hydrogen) atoms. The molecule has 0 bridgehead atoms. The summed E-state index contributed by atoms with van der Waals surface area (Å²) in [6.45, 7) is 3.97. The van der Waals surface area contributed by atoms with Crippen LogP contribution < -0.4 is 0 Å². The van der Waals surface area contributed by atoms with Gasteiger partial charge in [0.25, 0.3) is 0 Å². The third-order valence-electron chi connectivity index (χ3n) is 3.95. The van der Waals surface area contributed by atoms with Crippen molar-refractivity contribution in [2.45, 2.75) is 12.0 Å². The molecule has 0 saturated carbocycles. The molecule has 1 heterocycles. The van der Waals surface area contributed by atoms with Gasteiger partial charge < -0.3 is 5.11 Å². The SMILES string of the molecule is C=C(c1ccc(I)cc1)[C@](O)(Cc1nc[nH]n1)c1ccc(F)cc1F. The molecular formula is C18H14F2IN3O. The number of benzene rings is 2. The molecule has 0 radical (unpaired) electrons. The predicted octanol–water partition coefficient (Wildman–Crippen LogP) is 3.83. The first-order valence-corrected chi connectivity index (χ1v) is 8.46. The highest BCUT2D eigenvalue weighted by Gasteiger charge is 2.37. The molecule has 2 N–H and O–H groups in total. The van der Waals surface area contributed by atoms with Crippen LogP contribution in [0.3, 0.4) is 0 Å². The molecule has 4 nitrogen and oxygen atoms in total. The van der Waals surface area contributed by atoms with Crippen LogP contribution in [-0.4, -0.2) is 20.3 Å². The molecule has 3 rings (SSSR count). The first-order valence-electron chi connectivity index (χ1n) is 7.38. The summed E-state index contributed by atoms with van der Waals surface area (Å²) in [5.41, 5.74) is -0.990. The minimum absolute atomic E-state index is 0.0812. The highest BCUT2D eigenvalue weighted by molar-refractivity contribution is 14.1. The maximum Gasteiger partial charge on any atom is 0.153 e. The van der Waals surface area contributed by atoms with Gasteiger partial charge in [0, 0.05) is 21.6 Å². The smallest absolute Gasteiger partial charge is 0.153 e. The Kier molecular flexibility index (Phi) is 4.96.